The van der Waals surface area contributed by atoms with Gasteiger partial charge >= 0.3 is 0 Å². The topological polar surface area (TPSA) is 106 Å². The molecule has 3 aromatic rings. The predicted molar refractivity (Wildman–Crippen MR) is 83.4 cm³/mol. The van der Waals surface area contributed by atoms with Gasteiger partial charge in [0.25, 0.3) is 5.91 Å². The molecule has 0 fully saturated rings. The van der Waals surface area contributed by atoms with Gasteiger partial charge in [0.15, 0.2) is 11.3 Å². The monoisotopic (exact) mass is 297 g/mol. The molecule has 0 bridgehead atoms. The number of aromatic nitrogens is 3. The molecule has 1 aromatic carbocycles. The normalized spacial score (nSPS) is 10.6. The number of H-pyrrole nitrogens is 1. The zero-order chi connectivity index (χ0) is 15.7. The van der Waals surface area contributed by atoms with Crippen molar-refractivity contribution in [2.75, 3.05) is 12.4 Å². The van der Waals surface area contributed by atoms with Crippen LogP contribution in [0.5, 0.6) is 5.75 Å². The number of primary amides is 1. The fraction of sp³-hybridized carbons (Fsp3) is 0.133. The first-order valence-corrected chi connectivity index (χ1v) is 6.65. The van der Waals surface area contributed by atoms with Gasteiger partial charge in [-0.1, -0.05) is 0 Å². The van der Waals surface area contributed by atoms with Gasteiger partial charge in [-0.3, -0.25) is 4.79 Å². The van der Waals surface area contributed by atoms with E-state index in [4.69, 9.17) is 10.5 Å². The average molecular weight is 297 g/mol. The van der Waals surface area contributed by atoms with Crippen molar-refractivity contribution in [1.82, 2.24) is 15.2 Å². The highest BCUT2D eigenvalue weighted by atomic mass is 16.5. The highest BCUT2D eigenvalue weighted by Crippen LogP contribution is 2.29. The van der Waals surface area contributed by atoms with Gasteiger partial charge in [-0.15, -0.1) is 10.2 Å². The Morgan fingerprint density at radius 3 is 2.82 bits per heavy atom. The lowest BCUT2D eigenvalue weighted by molar-refractivity contribution is 0.0995. The molecule has 0 atom stereocenters. The predicted octanol–water partition coefficient (Wildman–Crippen LogP) is 2.12. The molecule has 0 saturated heterocycles. The number of nitrogens with two attached hydrogens (primary N) is 1. The summed E-state index contributed by atoms with van der Waals surface area (Å²) in [5.41, 5.74) is 8.38. The number of aryl methyl sites for hydroxylation is 1. The van der Waals surface area contributed by atoms with E-state index < -0.39 is 5.91 Å². The summed E-state index contributed by atoms with van der Waals surface area (Å²) in [5, 5.41) is 11.8. The van der Waals surface area contributed by atoms with Crippen LogP contribution < -0.4 is 15.8 Å². The highest BCUT2D eigenvalue weighted by molar-refractivity contribution is 6.05. The van der Waals surface area contributed by atoms with Crippen molar-refractivity contribution >= 4 is 28.3 Å². The number of methoxy groups -OCH3 is 1. The lowest BCUT2D eigenvalue weighted by Crippen LogP contribution is -2.16. The Morgan fingerprint density at radius 2 is 2.14 bits per heavy atom. The highest BCUT2D eigenvalue weighted by Gasteiger charge is 2.16. The summed E-state index contributed by atoms with van der Waals surface area (Å²) in [5.74, 6) is 0.156. The number of anilines is 2. The Bertz CT molecular complexity index is 856. The molecule has 4 N–H and O–H groups in total. The van der Waals surface area contributed by atoms with E-state index in [1.54, 1.807) is 13.3 Å². The first-order valence-electron chi connectivity index (χ1n) is 6.65. The van der Waals surface area contributed by atoms with Crippen molar-refractivity contribution in [2.45, 2.75) is 6.92 Å². The number of hydrogen-bond acceptors (Lipinski definition) is 5. The van der Waals surface area contributed by atoms with Crippen LogP contribution in [0.2, 0.25) is 0 Å². The molecule has 112 valence electrons. The molecule has 0 aliphatic carbocycles. The summed E-state index contributed by atoms with van der Waals surface area (Å²) in [6.07, 6.45) is 1.73. The van der Waals surface area contributed by atoms with Crippen molar-refractivity contribution in [1.29, 1.82) is 0 Å². The Hall–Kier alpha value is -3.09. The Balaban J connectivity index is 2.09. The van der Waals surface area contributed by atoms with Crippen molar-refractivity contribution < 1.29 is 9.53 Å². The van der Waals surface area contributed by atoms with Gasteiger partial charge in [-0.2, -0.15) is 0 Å². The number of ether oxygens (including phenoxy) is 1. The van der Waals surface area contributed by atoms with E-state index in [1.165, 1.54) is 0 Å². The van der Waals surface area contributed by atoms with Gasteiger partial charge in [0.1, 0.15) is 5.75 Å². The third-order valence-electron chi connectivity index (χ3n) is 3.38. The van der Waals surface area contributed by atoms with Gasteiger partial charge in [-0.05, 0) is 36.8 Å². The van der Waals surface area contributed by atoms with Gasteiger partial charge in [0.2, 0.25) is 0 Å². The van der Waals surface area contributed by atoms with Crippen molar-refractivity contribution in [3.63, 3.8) is 0 Å². The molecule has 0 spiro atoms. The second-order valence-electron chi connectivity index (χ2n) is 4.84. The Labute approximate surface area is 126 Å². The van der Waals surface area contributed by atoms with Crippen LogP contribution >= 0.6 is 0 Å². The number of nitrogens with zero attached hydrogens (tertiary/aromatic N) is 2. The van der Waals surface area contributed by atoms with Gasteiger partial charge in [0.05, 0.1) is 12.8 Å². The number of rotatable bonds is 4. The van der Waals surface area contributed by atoms with Crippen molar-refractivity contribution in [3.05, 3.63) is 41.7 Å². The van der Waals surface area contributed by atoms with Crippen LogP contribution in [0.3, 0.4) is 0 Å². The number of hydrogen-bond donors (Lipinski definition) is 3. The number of aromatic amines is 1. The number of nitrogens with one attached hydrogen (secondary N) is 2. The average Bonchev–Trinajstić information content (AvgIpc) is 2.96. The molecular weight excluding hydrogens is 282 g/mol. The van der Waals surface area contributed by atoms with Crippen LogP contribution in [-0.4, -0.2) is 28.2 Å². The lowest BCUT2D eigenvalue weighted by atomic mass is 10.1. The van der Waals surface area contributed by atoms with E-state index in [1.807, 2.05) is 31.2 Å². The quantitative estimate of drug-likeness (QED) is 0.684. The minimum absolute atomic E-state index is 0.0978. The number of amides is 1. The summed E-state index contributed by atoms with van der Waals surface area (Å²) >= 11 is 0. The molecule has 2 aromatic heterocycles. The van der Waals surface area contributed by atoms with Crippen LogP contribution in [0, 0.1) is 6.92 Å². The minimum Gasteiger partial charge on any atom is -0.496 e. The Morgan fingerprint density at radius 1 is 1.32 bits per heavy atom. The smallest absolute Gasteiger partial charge is 0.271 e. The van der Waals surface area contributed by atoms with E-state index >= 15 is 0 Å². The summed E-state index contributed by atoms with van der Waals surface area (Å²) in [4.78, 5) is 14.6. The molecule has 0 saturated carbocycles. The third-order valence-corrected chi connectivity index (χ3v) is 3.38. The lowest BCUT2D eigenvalue weighted by Gasteiger charge is -2.12. The zero-order valence-electron chi connectivity index (χ0n) is 12.2. The maximum Gasteiger partial charge on any atom is 0.271 e. The fourth-order valence-corrected chi connectivity index (χ4v) is 2.32. The van der Waals surface area contributed by atoms with Crippen LogP contribution in [0.15, 0.2) is 30.5 Å². The molecule has 0 aliphatic rings. The summed E-state index contributed by atoms with van der Waals surface area (Å²) in [6, 6.07) is 7.44. The van der Waals surface area contributed by atoms with Crippen LogP contribution in [0.1, 0.15) is 16.1 Å². The largest absolute Gasteiger partial charge is 0.496 e. The summed E-state index contributed by atoms with van der Waals surface area (Å²) in [7, 11) is 1.62. The standard InChI is InChI=1S/C15H15N5O2/c1-8-7-9(3-4-11(8)22-2)18-12-10-5-6-17-15(10)20-19-13(12)14(16)21/h3-7H,1-2H3,(H2,16,21)(H2,17,18,20). The molecule has 2 heterocycles. The minimum atomic E-state index is -0.636. The maximum atomic E-state index is 11.6. The van der Waals surface area contributed by atoms with Gasteiger partial charge in [-0.25, -0.2) is 0 Å². The fourth-order valence-electron chi connectivity index (χ4n) is 2.32. The van der Waals surface area contributed by atoms with E-state index in [-0.39, 0.29) is 5.69 Å². The second-order valence-corrected chi connectivity index (χ2v) is 4.84. The third kappa shape index (κ3) is 2.32. The van der Waals surface area contributed by atoms with E-state index in [9.17, 15) is 4.79 Å². The molecule has 0 radical (unpaired) electrons. The van der Waals surface area contributed by atoms with Crippen LogP contribution in [0.25, 0.3) is 11.0 Å². The van der Waals surface area contributed by atoms with Crippen molar-refractivity contribution in [2.24, 2.45) is 5.73 Å². The second kappa shape index (κ2) is 5.36. The van der Waals surface area contributed by atoms with Crippen LogP contribution in [0.4, 0.5) is 11.4 Å². The van der Waals surface area contributed by atoms with Gasteiger partial charge in [0, 0.05) is 17.3 Å². The first kappa shape index (κ1) is 13.9. The molecule has 7 heteroatoms. The number of fused-ring (bicyclic) bond motifs is 1. The molecule has 1 amide bonds. The van der Waals surface area contributed by atoms with E-state index in [0.29, 0.717) is 11.3 Å². The molecule has 22 heavy (non-hydrogen) atoms. The molecule has 0 unspecified atom stereocenters. The number of carbonyl (C=O) groups is 1. The number of benzene rings is 1. The molecule has 3 rings (SSSR count). The molecular formula is C15H15N5O2. The SMILES string of the molecule is COc1ccc(Nc2c(C(N)=O)nnc3[nH]ccc23)cc1C. The van der Waals surface area contributed by atoms with Gasteiger partial charge < -0.3 is 20.8 Å². The van der Waals surface area contributed by atoms with E-state index in [2.05, 4.69) is 20.5 Å². The first-order chi connectivity index (χ1) is 10.6. The van der Waals surface area contributed by atoms with Crippen molar-refractivity contribution in [3.8, 4) is 5.75 Å². The number of carbonyl (C=O) groups excluding carboxylic acids is 1. The van der Waals surface area contributed by atoms with Crippen LogP contribution in [-0.2, 0) is 0 Å². The summed E-state index contributed by atoms with van der Waals surface area (Å²) < 4.78 is 5.24. The Kier molecular flexibility index (Phi) is 3.38. The van der Waals surface area contributed by atoms with E-state index in [0.717, 1.165) is 22.4 Å². The maximum absolute atomic E-state index is 11.6. The zero-order valence-corrected chi connectivity index (χ0v) is 12.2. The molecule has 7 nitrogen and oxygen atoms in total. The molecule has 0 aliphatic heterocycles. The summed E-state index contributed by atoms with van der Waals surface area (Å²) in [6.45, 7) is 1.94.